The van der Waals surface area contributed by atoms with Crippen LogP contribution in [0.15, 0.2) is 60.7 Å². The van der Waals surface area contributed by atoms with Crippen LogP contribution in [0.2, 0.25) is 0 Å². The molecule has 0 bridgehead atoms. The molecule has 0 atom stereocenters. The molecule has 0 unspecified atom stereocenters. The smallest absolute Gasteiger partial charge is 0.225 e. The number of nitrogens with zero attached hydrogens (tertiary/aromatic N) is 2. The lowest BCUT2D eigenvalue weighted by Crippen LogP contribution is -2.11. The molecular formula is C21H24N4O2. The molecule has 6 heteroatoms. The van der Waals surface area contributed by atoms with Gasteiger partial charge < -0.3 is 20.1 Å². The summed E-state index contributed by atoms with van der Waals surface area (Å²) in [5.74, 6) is 2.18. The van der Waals surface area contributed by atoms with Gasteiger partial charge in [-0.25, -0.2) is 4.98 Å². The molecule has 2 aromatic carbocycles. The van der Waals surface area contributed by atoms with Crippen molar-refractivity contribution in [2.45, 2.75) is 6.54 Å². The van der Waals surface area contributed by atoms with E-state index in [9.17, 15) is 0 Å². The van der Waals surface area contributed by atoms with Crippen LogP contribution in [0.4, 0.5) is 11.8 Å². The molecular weight excluding hydrogens is 340 g/mol. The van der Waals surface area contributed by atoms with Crippen LogP contribution in [0.5, 0.6) is 5.75 Å². The molecule has 3 rings (SSSR count). The average molecular weight is 364 g/mol. The topological polar surface area (TPSA) is 68.3 Å². The van der Waals surface area contributed by atoms with E-state index in [0.29, 0.717) is 25.6 Å². The van der Waals surface area contributed by atoms with Crippen molar-refractivity contribution in [1.29, 1.82) is 0 Å². The van der Waals surface area contributed by atoms with Gasteiger partial charge >= 0.3 is 0 Å². The normalized spacial score (nSPS) is 10.4. The fourth-order valence-electron chi connectivity index (χ4n) is 2.58. The molecule has 0 aliphatic heterocycles. The molecule has 0 aliphatic carbocycles. The summed E-state index contributed by atoms with van der Waals surface area (Å²) in [7, 11) is 3.34. The van der Waals surface area contributed by atoms with E-state index in [-0.39, 0.29) is 0 Å². The lowest BCUT2D eigenvalue weighted by atomic mass is 10.1. The van der Waals surface area contributed by atoms with E-state index in [1.807, 2.05) is 60.7 Å². The summed E-state index contributed by atoms with van der Waals surface area (Å²) in [5, 5.41) is 6.58. The number of aromatic nitrogens is 2. The highest BCUT2D eigenvalue weighted by molar-refractivity contribution is 5.64. The zero-order valence-corrected chi connectivity index (χ0v) is 15.6. The van der Waals surface area contributed by atoms with E-state index >= 15 is 0 Å². The van der Waals surface area contributed by atoms with Gasteiger partial charge in [0.2, 0.25) is 5.95 Å². The first kappa shape index (κ1) is 18.7. The highest BCUT2D eigenvalue weighted by Gasteiger charge is 2.07. The molecule has 0 fully saturated rings. The summed E-state index contributed by atoms with van der Waals surface area (Å²) in [6.07, 6.45) is 0. The lowest BCUT2D eigenvalue weighted by molar-refractivity contribution is 0.210. The molecule has 0 spiro atoms. The molecule has 0 saturated heterocycles. The summed E-state index contributed by atoms with van der Waals surface area (Å²) in [5.41, 5.74) is 3.03. The number of benzene rings is 2. The van der Waals surface area contributed by atoms with Crippen LogP contribution in [0.3, 0.4) is 0 Å². The van der Waals surface area contributed by atoms with Crippen molar-refractivity contribution in [3.8, 4) is 17.0 Å². The van der Waals surface area contributed by atoms with Gasteiger partial charge in [-0.3, -0.25) is 0 Å². The summed E-state index contributed by atoms with van der Waals surface area (Å²) >= 11 is 0. The highest BCUT2D eigenvalue weighted by atomic mass is 16.5. The predicted octanol–water partition coefficient (Wildman–Crippen LogP) is 3.82. The third kappa shape index (κ3) is 5.43. The van der Waals surface area contributed by atoms with Crippen molar-refractivity contribution in [3.63, 3.8) is 0 Å². The number of nitrogens with one attached hydrogen (secondary N) is 2. The number of ether oxygens (including phenoxy) is 2. The van der Waals surface area contributed by atoms with E-state index in [2.05, 4.69) is 20.6 Å². The fourth-order valence-corrected chi connectivity index (χ4v) is 2.58. The van der Waals surface area contributed by atoms with Crippen LogP contribution >= 0.6 is 0 Å². The van der Waals surface area contributed by atoms with Crippen LogP contribution in [0.1, 0.15) is 5.56 Å². The maximum absolute atomic E-state index is 5.20. The lowest BCUT2D eigenvalue weighted by Gasteiger charge is -2.11. The Morgan fingerprint density at radius 1 is 0.889 bits per heavy atom. The first-order valence-corrected chi connectivity index (χ1v) is 8.82. The van der Waals surface area contributed by atoms with Crippen LogP contribution in [0, 0.1) is 0 Å². The van der Waals surface area contributed by atoms with Gasteiger partial charge in [-0.1, -0.05) is 42.5 Å². The zero-order valence-electron chi connectivity index (χ0n) is 15.6. The summed E-state index contributed by atoms with van der Waals surface area (Å²) in [6, 6.07) is 19.9. The highest BCUT2D eigenvalue weighted by Crippen LogP contribution is 2.21. The second-order valence-corrected chi connectivity index (χ2v) is 5.95. The summed E-state index contributed by atoms with van der Waals surface area (Å²) < 4.78 is 10.3. The number of anilines is 2. The van der Waals surface area contributed by atoms with Gasteiger partial charge in [0.25, 0.3) is 0 Å². The second kappa shape index (κ2) is 9.54. The van der Waals surface area contributed by atoms with E-state index < -0.39 is 0 Å². The predicted molar refractivity (Wildman–Crippen MR) is 108 cm³/mol. The Kier molecular flexibility index (Phi) is 6.60. The molecule has 0 radical (unpaired) electrons. The monoisotopic (exact) mass is 364 g/mol. The largest absolute Gasteiger partial charge is 0.497 e. The van der Waals surface area contributed by atoms with Gasteiger partial charge in [-0.15, -0.1) is 0 Å². The van der Waals surface area contributed by atoms with Crippen molar-refractivity contribution in [3.05, 3.63) is 66.2 Å². The average Bonchev–Trinajstić information content (AvgIpc) is 2.73. The molecule has 0 amide bonds. The van der Waals surface area contributed by atoms with Crippen molar-refractivity contribution < 1.29 is 9.47 Å². The Morgan fingerprint density at radius 2 is 1.67 bits per heavy atom. The maximum atomic E-state index is 5.20. The van der Waals surface area contributed by atoms with Gasteiger partial charge in [0.1, 0.15) is 11.6 Å². The molecule has 1 aromatic heterocycles. The SMILES string of the molecule is COCCNc1cc(-c2ccccc2)nc(NCc2ccc(OC)cc2)n1. The third-order valence-electron chi connectivity index (χ3n) is 4.02. The summed E-state index contributed by atoms with van der Waals surface area (Å²) in [4.78, 5) is 9.23. The Labute approximate surface area is 159 Å². The van der Waals surface area contributed by atoms with Crippen LogP contribution < -0.4 is 15.4 Å². The van der Waals surface area contributed by atoms with Gasteiger partial charge in [0, 0.05) is 31.8 Å². The van der Waals surface area contributed by atoms with Crippen LogP contribution in [0.25, 0.3) is 11.3 Å². The van der Waals surface area contributed by atoms with Crippen molar-refractivity contribution in [2.24, 2.45) is 0 Å². The molecule has 0 saturated carbocycles. The molecule has 6 nitrogen and oxygen atoms in total. The Balaban J connectivity index is 1.78. The first-order valence-electron chi connectivity index (χ1n) is 8.82. The van der Waals surface area contributed by atoms with E-state index in [1.54, 1.807) is 14.2 Å². The number of methoxy groups -OCH3 is 2. The van der Waals surface area contributed by atoms with Gasteiger partial charge in [0.05, 0.1) is 19.4 Å². The maximum Gasteiger partial charge on any atom is 0.225 e. The molecule has 3 aromatic rings. The van der Waals surface area contributed by atoms with Crippen molar-refractivity contribution in [2.75, 3.05) is 38.0 Å². The Hall–Kier alpha value is -3.12. The molecule has 140 valence electrons. The minimum absolute atomic E-state index is 0.576. The molecule has 1 heterocycles. The fraction of sp³-hybridized carbons (Fsp3) is 0.238. The van der Waals surface area contributed by atoms with Gasteiger partial charge in [0.15, 0.2) is 0 Å². The van der Waals surface area contributed by atoms with Gasteiger partial charge in [-0.05, 0) is 17.7 Å². The quantitative estimate of drug-likeness (QED) is 0.563. The van der Waals surface area contributed by atoms with E-state index in [4.69, 9.17) is 9.47 Å². The van der Waals surface area contributed by atoms with E-state index in [1.165, 1.54) is 0 Å². The zero-order chi connectivity index (χ0) is 18.9. The molecule has 2 N–H and O–H groups in total. The Bertz CT molecular complexity index is 839. The minimum atomic E-state index is 0.576. The van der Waals surface area contributed by atoms with Crippen LogP contribution in [-0.4, -0.2) is 37.3 Å². The number of hydrogen-bond acceptors (Lipinski definition) is 6. The Morgan fingerprint density at radius 3 is 2.37 bits per heavy atom. The number of rotatable bonds is 9. The third-order valence-corrected chi connectivity index (χ3v) is 4.02. The second-order valence-electron chi connectivity index (χ2n) is 5.95. The standard InChI is InChI=1S/C21H24N4O2/c1-26-13-12-22-20-14-19(17-6-4-3-5-7-17)24-21(25-20)23-15-16-8-10-18(27-2)11-9-16/h3-11,14H,12-13,15H2,1-2H3,(H2,22,23,24,25). The van der Waals surface area contributed by atoms with Crippen molar-refractivity contribution in [1.82, 2.24) is 9.97 Å². The minimum Gasteiger partial charge on any atom is -0.497 e. The van der Waals surface area contributed by atoms with Crippen molar-refractivity contribution >= 4 is 11.8 Å². The summed E-state index contributed by atoms with van der Waals surface area (Å²) in [6.45, 7) is 1.92. The van der Waals surface area contributed by atoms with Gasteiger partial charge in [-0.2, -0.15) is 4.98 Å². The van der Waals surface area contributed by atoms with E-state index in [0.717, 1.165) is 28.4 Å². The molecule has 0 aliphatic rings. The first-order chi connectivity index (χ1) is 13.3. The van der Waals surface area contributed by atoms with Crippen LogP contribution in [-0.2, 0) is 11.3 Å². The number of hydrogen-bond donors (Lipinski definition) is 2. The molecule has 27 heavy (non-hydrogen) atoms.